The van der Waals surface area contributed by atoms with Crippen LogP contribution in [-0.2, 0) is 19.0 Å². The van der Waals surface area contributed by atoms with Crippen LogP contribution in [0.15, 0.2) is 24.0 Å². The van der Waals surface area contributed by atoms with E-state index in [0.29, 0.717) is 32.0 Å². The van der Waals surface area contributed by atoms with Crippen molar-refractivity contribution in [3.8, 4) is 0 Å². The minimum atomic E-state index is -1.56. The van der Waals surface area contributed by atoms with Gasteiger partial charge in [-0.05, 0) is 78.4 Å². The van der Waals surface area contributed by atoms with E-state index in [9.17, 15) is 30.3 Å². The molecule has 12 nitrogen and oxygen atoms in total. The number of aliphatic carboxylic acids is 1. The Morgan fingerprint density at radius 2 is 1.70 bits per heavy atom. The maximum absolute atomic E-state index is 13.4. The summed E-state index contributed by atoms with van der Waals surface area (Å²) < 4.78 is 19.2. The fourth-order valence-corrected chi connectivity index (χ4v) is 12.8. The van der Waals surface area contributed by atoms with Crippen molar-refractivity contribution in [2.45, 2.75) is 130 Å². The number of fused-ring (bicyclic) bond motifs is 3. The molecule has 7 rings (SSSR count). The van der Waals surface area contributed by atoms with Gasteiger partial charge in [-0.15, -0.1) is 0 Å². The molecule has 0 unspecified atom stereocenters. The van der Waals surface area contributed by atoms with Gasteiger partial charge in [0.1, 0.15) is 24.4 Å². The zero-order chi connectivity index (χ0) is 36.2. The number of aliphatic hydroxyl groups is 4. The fraction of sp³-hybridized carbons (Fsp3) is 0.868. The van der Waals surface area contributed by atoms with Gasteiger partial charge in [0.25, 0.3) is 0 Å². The summed E-state index contributed by atoms with van der Waals surface area (Å²) >= 11 is 0. The van der Waals surface area contributed by atoms with Crippen LogP contribution in [0.2, 0.25) is 0 Å². The van der Waals surface area contributed by atoms with Crippen molar-refractivity contribution < 1.29 is 44.5 Å². The van der Waals surface area contributed by atoms with E-state index in [1.54, 1.807) is 17.2 Å². The van der Waals surface area contributed by atoms with E-state index in [1.807, 2.05) is 0 Å². The molecule has 4 aliphatic carbocycles. The van der Waals surface area contributed by atoms with Crippen LogP contribution in [0.5, 0.6) is 0 Å². The van der Waals surface area contributed by atoms with Crippen LogP contribution in [0, 0.1) is 56.7 Å². The molecule has 0 aromatic carbocycles. The van der Waals surface area contributed by atoms with Gasteiger partial charge >= 0.3 is 5.97 Å². The van der Waals surface area contributed by atoms with Gasteiger partial charge < -0.3 is 39.7 Å². The first-order chi connectivity index (χ1) is 23.5. The first-order valence-electron chi connectivity index (χ1n) is 18.8. The highest BCUT2D eigenvalue weighted by atomic mass is 16.7. The lowest BCUT2D eigenvalue weighted by molar-refractivity contribution is -0.343. The number of carbonyl (C=O) groups is 1. The second-order valence-corrected chi connectivity index (χ2v) is 18.2. The molecule has 16 atom stereocenters. The normalized spacial score (nSPS) is 50.8. The second-order valence-electron chi connectivity index (χ2n) is 18.2. The third-order valence-corrected chi connectivity index (χ3v) is 16.0. The highest BCUT2D eigenvalue weighted by molar-refractivity contribution is 5.73. The lowest BCUT2D eigenvalue weighted by atomic mass is 9.34. The lowest BCUT2D eigenvalue weighted by Crippen LogP contribution is -2.70. The van der Waals surface area contributed by atoms with E-state index in [-0.39, 0.29) is 40.0 Å². The van der Waals surface area contributed by atoms with E-state index < -0.39 is 66.1 Å². The maximum Gasteiger partial charge on any atom is 0.307 e. The quantitative estimate of drug-likeness (QED) is 0.208. The molecule has 5 fully saturated rings. The van der Waals surface area contributed by atoms with E-state index in [2.05, 4.69) is 64.7 Å². The number of ether oxygens (including phenoxy) is 3. The first kappa shape index (κ1) is 36.4. The summed E-state index contributed by atoms with van der Waals surface area (Å²) in [4.78, 5) is 15.1. The number of carboxylic acid groups (broad SMARTS) is 1. The Kier molecular flexibility index (Phi) is 8.97. The largest absolute Gasteiger partial charge is 0.481 e. The minimum absolute atomic E-state index is 0.144. The van der Waals surface area contributed by atoms with Gasteiger partial charge in [0, 0.05) is 10.8 Å². The van der Waals surface area contributed by atoms with Gasteiger partial charge in [-0.25, -0.2) is 0 Å². The molecule has 50 heavy (non-hydrogen) atoms. The number of rotatable bonds is 7. The molecule has 12 heteroatoms. The smallest absolute Gasteiger partial charge is 0.307 e. The van der Waals surface area contributed by atoms with E-state index >= 15 is 0 Å². The minimum Gasteiger partial charge on any atom is -0.481 e. The number of aromatic nitrogens is 3. The van der Waals surface area contributed by atoms with Crippen molar-refractivity contribution in [3.63, 3.8) is 0 Å². The summed E-state index contributed by atoms with van der Waals surface area (Å²) in [7, 11) is 0. The van der Waals surface area contributed by atoms with Crippen LogP contribution in [-0.4, -0.2) is 103 Å². The SMILES string of the molecule is CC(C)[C@@H](C)[C@@]1(C)CC[C@]2(C)[C@H]3CC[C@@H]4[C@@]5(COC[C@@]4(C)[C@@H](O[C@@H]4O[C@H](CO)[C@@H](O)[C@H](O)[C@H]4O)[C@H](n4nccn4)C5)C3=CC[C@@]2(C)[C@@H]1C(=O)O. The average molecular weight is 702 g/mol. The number of hydrogen-bond donors (Lipinski definition) is 5. The van der Waals surface area contributed by atoms with Gasteiger partial charge in [0.05, 0.1) is 50.3 Å². The van der Waals surface area contributed by atoms with E-state index in [4.69, 9.17) is 14.2 Å². The molecule has 1 aromatic rings. The predicted octanol–water partition coefficient (Wildman–Crippen LogP) is 3.59. The Balaban J connectivity index is 1.29. The van der Waals surface area contributed by atoms with E-state index in [0.717, 1.165) is 25.7 Å². The van der Waals surface area contributed by atoms with Gasteiger partial charge in [-0.2, -0.15) is 15.0 Å². The van der Waals surface area contributed by atoms with Crippen molar-refractivity contribution in [2.75, 3.05) is 19.8 Å². The summed E-state index contributed by atoms with van der Waals surface area (Å²) in [5.74, 6) is -0.177. The van der Waals surface area contributed by atoms with Crippen LogP contribution in [0.25, 0.3) is 0 Å². The maximum atomic E-state index is 13.4. The summed E-state index contributed by atoms with van der Waals surface area (Å²) in [5, 5.41) is 62.2. The van der Waals surface area contributed by atoms with Crippen LogP contribution < -0.4 is 0 Å². The average Bonchev–Trinajstić information content (AvgIpc) is 3.61. The first-order valence-corrected chi connectivity index (χ1v) is 18.8. The Morgan fingerprint density at radius 3 is 2.34 bits per heavy atom. The van der Waals surface area contributed by atoms with Gasteiger partial charge in [0.15, 0.2) is 6.29 Å². The highest BCUT2D eigenvalue weighted by Crippen LogP contribution is 2.75. The molecule has 0 amide bonds. The molecule has 0 radical (unpaired) electrons. The molecule has 2 saturated heterocycles. The van der Waals surface area contributed by atoms with Crippen LogP contribution >= 0.6 is 0 Å². The Bertz CT molecular complexity index is 1470. The monoisotopic (exact) mass is 701 g/mol. The fourth-order valence-electron chi connectivity index (χ4n) is 12.8. The van der Waals surface area contributed by atoms with Crippen LogP contribution in [0.3, 0.4) is 0 Å². The topological polar surface area (TPSA) is 177 Å². The van der Waals surface area contributed by atoms with Crippen molar-refractivity contribution in [1.29, 1.82) is 0 Å². The third-order valence-electron chi connectivity index (χ3n) is 16.0. The zero-order valence-electron chi connectivity index (χ0n) is 30.7. The summed E-state index contributed by atoms with van der Waals surface area (Å²) in [6.45, 7) is 16.1. The summed E-state index contributed by atoms with van der Waals surface area (Å²) in [6, 6.07) is -0.378. The molecular formula is C38H59N3O9. The highest BCUT2D eigenvalue weighted by Gasteiger charge is 2.72. The molecule has 3 saturated carbocycles. The summed E-state index contributed by atoms with van der Waals surface area (Å²) in [6.07, 6.45) is 3.09. The van der Waals surface area contributed by atoms with Gasteiger partial charge in [0.2, 0.25) is 0 Å². The Labute approximate surface area is 295 Å². The number of nitrogens with zero attached hydrogens (tertiary/aromatic N) is 3. The Hall–Kier alpha value is -1.93. The molecule has 0 spiro atoms. The van der Waals surface area contributed by atoms with Crippen LogP contribution in [0.1, 0.15) is 93.0 Å². The molecule has 1 aromatic heterocycles. The molecule has 280 valence electrons. The molecule has 5 N–H and O–H groups in total. The molecule has 3 heterocycles. The molecule has 6 aliphatic rings. The van der Waals surface area contributed by atoms with Gasteiger partial charge in [-0.1, -0.05) is 60.1 Å². The van der Waals surface area contributed by atoms with Crippen molar-refractivity contribution >= 4 is 5.97 Å². The van der Waals surface area contributed by atoms with Crippen molar-refractivity contribution in [3.05, 3.63) is 24.0 Å². The molecular weight excluding hydrogens is 642 g/mol. The molecule has 2 aliphatic heterocycles. The number of carboxylic acids is 1. The predicted molar refractivity (Wildman–Crippen MR) is 181 cm³/mol. The van der Waals surface area contributed by atoms with E-state index in [1.165, 1.54) is 5.57 Å². The Morgan fingerprint density at radius 1 is 1.00 bits per heavy atom. The number of hydrogen-bond acceptors (Lipinski definition) is 10. The van der Waals surface area contributed by atoms with Gasteiger partial charge in [-0.3, -0.25) is 4.79 Å². The van der Waals surface area contributed by atoms with Crippen molar-refractivity contribution in [1.82, 2.24) is 15.0 Å². The van der Waals surface area contributed by atoms with Crippen molar-refractivity contribution in [2.24, 2.45) is 56.7 Å². The van der Waals surface area contributed by atoms with Crippen LogP contribution in [0.4, 0.5) is 0 Å². The number of aliphatic hydroxyl groups excluding tert-OH is 4. The summed E-state index contributed by atoms with van der Waals surface area (Å²) in [5.41, 5.74) is -0.544. The standard InChI is InChI=1S/C38H59N3O9/c1-20(2)21(3)34(4)12-13-36(6)22-8-9-26-35(5)18-48-19-38(26,23(22)10-11-37(36,7)30(34)32(46)47)16-24(41-39-14-15-40-41)31(35)50-33-29(45)28(44)27(43)25(17-42)49-33/h10,14-15,20-22,24-31,33,42-45H,8-9,11-13,16-19H2,1-7H3,(H,46,47)/t21-,22+,24-,25-,26+,27-,28+,29-,30-,31+,33+,34-,35-,36-,37+,38+/m1/s1. The molecule has 2 bridgehead atoms. The second kappa shape index (κ2) is 12.3. The lowest BCUT2D eigenvalue weighted by Gasteiger charge is -2.71. The number of allylic oxidation sites excluding steroid dienone is 1. The zero-order valence-corrected chi connectivity index (χ0v) is 30.7. The third kappa shape index (κ3) is 4.84.